The van der Waals surface area contributed by atoms with E-state index in [9.17, 15) is 14.5 Å². The third kappa shape index (κ3) is 2.37. The van der Waals surface area contributed by atoms with Gasteiger partial charge in [0.1, 0.15) is 5.82 Å². The van der Waals surface area contributed by atoms with E-state index < -0.39 is 4.92 Å². The lowest BCUT2D eigenvalue weighted by Crippen LogP contribution is -1.98. The van der Waals surface area contributed by atoms with Crippen LogP contribution in [0.5, 0.6) is 0 Å². The normalized spacial score (nSPS) is 10.3. The fourth-order valence-corrected chi connectivity index (χ4v) is 1.91. The molecule has 4 heteroatoms. The van der Waals surface area contributed by atoms with Crippen molar-refractivity contribution in [1.82, 2.24) is 0 Å². The van der Waals surface area contributed by atoms with Gasteiger partial charge in [-0.1, -0.05) is 30.3 Å². The van der Waals surface area contributed by atoms with Gasteiger partial charge >= 0.3 is 0 Å². The molecular weight excluding hydrogens is 233 g/mol. The van der Waals surface area contributed by atoms with Crippen molar-refractivity contribution >= 4 is 5.69 Å². The first-order chi connectivity index (χ1) is 8.59. The van der Waals surface area contributed by atoms with E-state index in [0.29, 0.717) is 17.5 Å². The van der Waals surface area contributed by atoms with Crippen LogP contribution in [-0.4, -0.2) is 4.92 Å². The highest BCUT2D eigenvalue weighted by atomic mass is 19.1. The first-order valence-electron chi connectivity index (χ1n) is 5.56. The lowest BCUT2D eigenvalue weighted by molar-refractivity contribution is -0.385. The molecule has 0 aliphatic carbocycles. The second-order valence-corrected chi connectivity index (χ2v) is 4.09. The van der Waals surface area contributed by atoms with Crippen molar-refractivity contribution in [3.8, 4) is 0 Å². The molecule has 3 nitrogen and oxygen atoms in total. The smallest absolute Gasteiger partial charge is 0.258 e. The van der Waals surface area contributed by atoms with Crippen LogP contribution in [0.4, 0.5) is 10.1 Å². The summed E-state index contributed by atoms with van der Waals surface area (Å²) >= 11 is 0. The van der Waals surface area contributed by atoms with Gasteiger partial charge in [0.05, 0.1) is 4.92 Å². The SMILES string of the molecule is Cc1c(Cc2ccccc2F)cccc1[N+](=O)[O-]. The third-order valence-electron chi connectivity index (χ3n) is 2.95. The Morgan fingerprint density at radius 1 is 1.11 bits per heavy atom. The van der Waals surface area contributed by atoms with E-state index in [0.717, 1.165) is 5.56 Å². The van der Waals surface area contributed by atoms with Gasteiger partial charge in [0.25, 0.3) is 5.69 Å². The van der Waals surface area contributed by atoms with Crippen LogP contribution in [0.1, 0.15) is 16.7 Å². The fraction of sp³-hybridized carbons (Fsp3) is 0.143. The Morgan fingerprint density at radius 3 is 2.44 bits per heavy atom. The minimum absolute atomic E-state index is 0.0730. The van der Waals surface area contributed by atoms with Crippen LogP contribution >= 0.6 is 0 Å². The minimum atomic E-state index is -0.416. The third-order valence-corrected chi connectivity index (χ3v) is 2.95. The Hall–Kier alpha value is -2.23. The van der Waals surface area contributed by atoms with Crippen molar-refractivity contribution in [2.45, 2.75) is 13.3 Å². The Labute approximate surface area is 104 Å². The van der Waals surface area contributed by atoms with E-state index in [1.54, 1.807) is 37.3 Å². The van der Waals surface area contributed by atoms with E-state index in [1.807, 2.05) is 0 Å². The molecule has 0 fully saturated rings. The van der Waals surface area contributed by atoms with Gasteiger partial charge in [-0.3, -0.25) is 10.1 Å². The first kappa shape index (κ1) is 12.2. The molecule has 0 heterocycles. The number of halogens is 1. The Bertz CT molecular complexity index is 596. The zero-order valence-corrected chi connectivity index (χ0v) is 9.89. The number of benzene rings is 2. The monoisotopic (exact) mass is 245 g/mol. The number of nitrogens with zero attached hydrogens (tertiary/aromatic N) is 1. The van der Waals surface area contributed by atoms with Crippen LogP contribution in [0.15, 0.2) is 42.5 Å². The van der Waals surface area contributed by atoms with Gasteiger partial charge in [-0.05, 0) is 24.1 Å². The van der Waals surface area contributed by atoms with Gasteiger partial charge in [-0.15, -0.1) is 0 Å². The molecular formula is C14H12FNO2. The summed E-state index contributed by atoms with van der Waals surface area (Å²) in [5, 5.41) is 10.8. The topological polar surface area (TPSA) is 43.1 Å². The predicted molar refractivity (Wildman–Crippen MR) is 67.0 cm³/mol. The average molecular weight is 245 g/mol. The van der Waals surface area contributed by atoms with Crippen molar-refractivity contribution < 1.29 is 9.31 Å². The number of hydrogen-bond acceptors (Lipinski definition) is 2. The molecule has 0 aromatic heterocycles. The molecule has 0 atom stereocenters. The summed E-state index contributed by atoms with van der Waals surface area (Å²) in [4.78, 5) is 10.4. The van der Waals surface area contributed by atoms with Crippen molar-refractivity contribution in [1.29, 1.82) is 0 Å². The van der Waals surface area contributed by atoms with Crippen LogP contribution in [0, 0.1) is 22.9 Å². The minimum Gasteiger partial charge on any atom is -0.258 e. The summed E-state index contributed by atoms with van der Waals surface area (Å²) < 4.78 is 13.5. The van der Waals surface area contributed by atoms with E-state index in [4.69, 9.17) is 0 Å². The summed E-state index contributed by atoms with van der Waals surface area (Å²) in [6, 6.07) is 11.3. The summed E-state index contributed by atoms with van der Waals surface area (Å²) in [6.45, 7) is 1.69. The Morgan fingerprint density at radius 2 is 1.78 bits per heavy atom. The Kier molecular flexibility index (Phi) is 3.37. The van der Waals surface area contributed by atoms with Gasteiger partial charge in [-0.2, -0.15) is 0 Å². The molecule has 0 saturated heterocycles. The van der Waals surface area contributed by atoms with E-state index in [1.165, 1.54) is 12.1 Å². The van der Waals surface area contributed by atoms with Crippen LogP contribution in [-0.2, 0) is 6.42 Å². The molecule has 0 amide bonds. The zero-order chi connectivity index (χ0) is 13.1. The highest BCUT2D eigenvalue weighted by Crippen LogP contribution is 2.23. The molecule has 2 aromatic rings. The largest absolute Gasteiger partial charge is 0.272 e. The highest BCUT2D eigenvalue weighted by Gasteiger charge is 2.14. The molecule has 0 aliphatic rings. The van der Waals surface area contributed by atoms with Crippen LogP contribution in [0.3, 0.4) is 0 Å². The standard InChI is InChI=1S/C14H12FNO2/c1-10-11(6-4-8-14(10)16(17)18)9-12-5-2-3-7-13(12)15/h2-8H,9H2,1H3. The molecule has 0 spiro atoms. The quantitative estimate of drug-likeness (QED) is 0.612. The van der Waals surface area contributed by atoms with Gasteiger partial charge < -0.3 is 0 Å². The van der Waals surface area contributed by atoms with Crippen molar-refractivity contribution in [3.05, 3.63) is 75.1 Å². The summed E-state index contributed by atoms with van der Waals surface area (Å²) in [5.41, 5.74) is 1.98. The number of nitro benzene ring substituents is 1. The maximum Gasteiger partial charge on any atom is 0.272 e. The van der Waals surface area contributed by atoms with Crippen molar-refractivity contribution in [3.63, 3.8) is 0 Å². The van der Waals surface area contributed by atoms with Crippen molar-refractivity contribution in [2.75, 3.05) is 0 Å². The molecule has 0 N–H and O–H groups in total. The van der Waals surface area contributed by atoms with Gasteiger partial charge in [0.15, 0.2) is 0 Å². The summed E-state index contributed by atoms with van der Waals surface area (Å²) in [5.74, 6) is -0.289. The number of hydrogen-bond donors (Lipinski definition) is 0. The second kappa shape index (κ2) is 4.96. The maximum atomic E-state index is 13.5. The maximum absolute atomic E-state index is 13.5. The molecule has 18 heavy (non-hydrogen) atoms. The predicted octanol–water partition coefficient (Wildman–Crippen LogP) is 3.63. The van der Waals surface area contributed by atoms with Crippen LogP contribution in [0.2, 0.25) is 0 Å². The second-order valence-electron chi connectivity index (χ2n) is 4.09. The van der Waals surface area contributed by atoms with Gasteiger partial charge in [0, 0.05) is 18.1 Å². The van der Waals surface area contributed by atoms with Gasteiger partial charge in [0.2, 0.25) is 0 Å². The number of rotatable bonds is 3. The molecule has 0 unspecified atom stereocenters. The van der Waals surface area contributed by atoms with Crippen LogP contribution in [0.25, 0.3) is 0 Å². The van der Waals surface area contributed by atoms with E-state index in [-0.39, 0.29) is 11.5 Å². The fourth-order valence-electron chi connectivity index (χ4n) is 1.91. The van der Waals surface area contributed by atoms with Gasteiger partial charge in [-0.25, -0.2) is 4.39 Å². The molecule has 92 valence electrons. The molecule has 0 radical (unpaired) electrons. The van der Waals surface area contributed by atoms with E-state index >= 15 is 0 Å². The van der Waals surface area contributed by atoms with Crippen LogP contribution < -0.4 is 0 Å². The molecule has 0 aliphatic heterocycles. The molecule has 0 saturated carbocycles. The van der Waals surface area contributed by atoms with E-state index in [2.05, 4.69) is 0 Å². The zero-order valence-electron chi connectivity index (χ0n) is 9.89. The summed E-state index contributed by atoms with van der Waals surface area (Å²) in [7, 11) is 0. The molecule has 2 aromatic carbocycles. The summed E-state index contributed by atoms with van der Waals surface area (Å²) in [6.07, 6.45) is 0.361. The average Bonchev–Trinajstić information content (AvgIpc) is 2.34. The number of nitro groups is 1. The first-order valence-corrected chi connectivity index (χ1v) is 5.56. The lowest BCUT2D eigenvalue weighted by Gasteiger charge is -2.07. The lowest BCUT2D eigenvalue weighted by atomic mass is 9.99. The Balaban J connectivity index is 2.39. The van der Waals surface area contributed by atoms with Crippen molar-refractivity contribution in [2.24, 2.45) is 0 Å². The molecule has 2 rings (SSSR count). The highest BCUT2D eigenvalue weighted by molar-refractivity contribution is 5.46. The molecule has 0 bridgehead atoms.